The summed E-state index contributed by atoms with van der Waals surface area (Å²) in [5.74, 6) is -0.960. The smallest absolute Gasteiger partial charge is 0.332 e. The zero-order valence-corrected chi connectivity index (χ0v) is 11.6. The van der Waals surface area contributed by atoms with Crippen molar-refractivity contribution >= 4 is 21.6 Å². The monoisotopic (exact) mass is 284 g/mol. The van der Waals surface area contributed by atoms with Gasteiger partial charge in [-0.2, -0.15) is 0 Å². The summed E-state index contributed by atoms with van der Waals surface area (Å²) < 4.78 is 25.0. The summed E-state index contributed by atoms with van der Waals surface area (Å²) in [6.45, 7) is 3.20. The quantitative estimate of drug-likeness (QED) is 0.824. The molecule has 0 aromatic carbocycles. The van der Waals surface area contributed by atoms with Gasteiger partial charge in [0.25, 0.3) is 0 Å². The average Bonchev–Trinajstić information content (AvgIpc) is 2.74. The summed E-state index contributed by atoms with van der Waals surface area (Å²) in [6, 6.07) is -1.30. The molecule has 7 heteroatoms. The Kier molecular flexibility index (Phi) is 3.25. The van der Waals surface area contributed by atoms with Gasteiger partial charge in [-0.15, -0.1) is 0 Å². The van der Waals surface area contributed by atoms with Gasteiger partial charge in [-0.1, -0.05) is 19.9 Å². The highest BCUT2D eigenvalue weighted by Crippen LogP contribution is 2.39. The van der Waals surface area contributed by atoms with Crippen molar-refractivity contribution in [2.75, 3.05) is 5.75 Å². The zero-order valence-electron chi connectivity index (χ0n) is 10.8. The first kappa shape index (κ1) is 13.8. The van der Waals surface area contributed by atoms with Crippen LogP contribution in [0.25, 0.3) is 0 Å². The summed E-state index contributed by atoms with van der Waals surface area (Å²) in [4.78, 5) is 15.5. The Morgan fingerprint density at radius 3 is 2.68 bits per heavy atom. The van der Waals surface area contributed by atoms with Crippen LogP contribution < -0.4 is 0 Å². The van der Waals surface area contributed by atoms with Crippen LogP contribution >= 0.6 is 0 Å². The molecular formula is C12H16N2O4S. The van der Waals surface area contributed by atoms with Gasteiger partial charge in [-0.3, -0.25) is 0 Å². The molecule has 0 amide bonds. The normalized spacial score (nSPS) is 29.3. The van der Waals surface area contributed by atoms with E-state index in [2.05, 4.69) is 4.99 Å². The van der Waals surface area contributed by atoms with Gasteiger partial charge in [0.15, 0.2) is 20.8 Å². The molecule has 2 aliphatic rings. The first-order valence-corrected chi connectivity index (χ1v) is 7.73. The lowest BCUT2D eigenvalue weighted by atomic mass is 10.1. The fraction of sp³-hybridized carbons (Fsp3) is 0.500. The molecule has 0 aromatic rings. The molecule has 2 rings (SSSR count). The number of rotatable bonds is 4. The highest BCUT2D eigenvalue weighted by molar-refractivity contribution is 7.92. The highest BCUT2D eigenvalue weighted by Gasteiger charge is 2.59. The Balaban J connectivity index is 2.67. The third-order valence-corrected chi connectivity index (χ3v) is 6.14. The molecule has 2 aliphatic heterocycles. The second-order valence-corrected chi connectivity index (χ2v) is 6.91. The van der Waals surface area contributed by atoms with Gasteiger partial charge in [0.05, 0.1) is 0 Å². The van der Waals surface area contributed by atoms with E-state index >= 15 is 0 Å². The highest BCUT2D eigenvalue weighted by atomic mass is 32.2. The van der Waals surface area contributed by atoms with E-state index in [1.807, 2.05) is 0 Å². The first-order chi connectivity index (χ1) is 8.90. The van der Waals surface area contributed by atoms with Crippen LogP contribution in [0.2, 0.25) is 0 Å². The predicted octanol–water partition coefficient (Wildman–Crippen LogP) is 0.778. The molecule has 0 bridgehead atoms. The molecule has 2 atom stereocenters. The summed E-state index contributed by atoms with van der Waals surface area (Å²) >= 11 is 0. The van der Waals surface area contributed by atoms with Crippen molar-refractivity contribution in [3.05, 3.63) is 24.4 Å². The van der Waals surface area contributed by atoms with E-state index in [1.54, 1.807) is 31.4 Å². The topological polar surface area (TPSA) is 87.0 Å². The fourth-order valence-electron chi connectivity index (χ4n) is 2.63. The minimum atomic E-state index is -3.63. The number of fused-ring (bicyclic) bond motifs is 1. The van der Waals surface area contributed by atoms with E-state index in [9.17, 15) is 18.3 Å². The van der Waals surface area contributed by atoms with E-state index < -0.39 is 26.7 Å². The number of allylic oxidation sites excluding steroid dienone is 2. The number of carboxylic acid groups (broad SMARTS) is 1. The lowest BCUT2D eigenvalue weighted by molar-refractivity contribution is -0.139. The summed E-state index contributed by atoms with van der Waals surface area (Å²) in [5.41, 5.74) is 0. The second-order valence-electron chi connectivity index (χ2n) is 4.40. The average molecular weight is 284 g/mol. The molecule has 0 fully saturated rings. The fourth-order valence-corrected chi connectivity index (χ4v) is 4.51. The van der Waals surface area contributed by atoms with Crippen molar-refractivity contribution in [3.8, 4) is 0 Å². The van der Waals surface area contributed by atoms with Crippen molar-refractivity contribution in [1.29, 1.82) is 0 Å². The number of hydrogen-bond acceptors (Lipinski definition) is 5. The predicted molar refractivity (Wildman–Crippen MR) is 71.5 cm³/mol. The molecule has 2 heterocycles. The summed E-state index contributed by atoms with van der Waals surface area (Å²) in [5, 5.41) is 9.34. The second kappa shape index (κ2) is 4.48. The molecule has 6 nitrogen and oxygen atoms in total. The molecule has 1 N–H and O–H groups in total. The van der Waals surface area contributed by atoms with Crippen LogP contribution in [0.4, 0.5) is 0 Å². The van der Waals surface area contributed by atoms with Crippen LogP contribution in [0.5, 0.6) is 0 Å². The van der Waals surface area contributed by atoms with Gasteiger partial charge in [0, 0.05) is 12.0 Å². The molecule has 19 heavy (non-hydrogen) atoms. The number of aliphatic carboxylic acids is 1. The minimum absolute atomic E-state index is 0.124. The Bertz CT molecular complexity index is 591. The molecule has 104 valence electrons. The molecule has 0 saturated heterocycles. The van der Waals surface area contributed by atoms with Gasteiger partial charge < -0.3 is 10.0 Å². The largest absolute Gasteiger partial charge is 0.480 e. The number of hydrogen-bond donors (Lipinski definition) is 1. The van der Waals surface area contributed by atoms with Gasteiger partial charge >= 0.3 is 5.97 Å². The molecule has 0 spiro atoms. The maximum atomic E-state index is 12.5. The number of carbonyl (C=O) groups is 1. The zero-order chi connectivity index (χ0) is 14.3. The van der Waals surface area contributed by atoms with Crippen LogP contribution in [-0.2, 0) is 14.6 Å². The van der Waals surface area contributed by atoms with Crippen LogP contribution in [0, 0.1) is 0 Å². The van der Waals surface area contributed by atoms with E-state index in [4.69, 9.17) is 0 Å². The Labute approximate surface area is 112 Å². The number of amidine groups is 1. The number of sulfone groups is 1. The van der Waals surface area contributed by atoms with E-state index in [0.717, 1.165) is 0 Å². The Morgan fingerprint density at radius 1 is 1.47 bits per heavy atom. The van der Waals surface area contributed by atoms with Crippen LogP contribution in [0.15, 0.2) is 29.4 Å². The van der Waals surface area contributed by atoms with Crippen LogP contribution in [0.1, 0.15) is 20.3 Å². The SMILES string of the molecule is CCC1(S(=O)(=O)CC)C(C(=O)O)N=C2C=CC=CN21. The lowest BCUT2D eigenvalue weighted by Gasteiger charge is -2.38. The van der Waals surface area contributed by atoms with Crippen molar-refractivity contribution in [2.24, 2.45) is 4.99 Å². The maximum Gasteiger partial charge on any atom is 0.332 e. The molecule has 0 radical (unpaired) electrons. The Morgan fingerprint density at radius 2 is 2.16 bits per heavy atom. The lowest BCUT2D eigenvalue weighted by Crippen LogP contribution is -2.59. The summed E-state index contributed by atoms with van der Waals surface area (Å²) in [6.07, 6.45) is 6.75. The van der Waals surface area contributed by atoms with Gasteiger partial charge in [-0.25, -0.2) is 18.2 Å². The van der Waals surface area contributed by atoms with Gasteiger partial charge in [-0.05, 0) is 18.6 Å². The van der Waals surface area contributed by atoms with Crippen LogP contribution in [0.3, 0.4) is 0 Å². The van der Waals surface area contributed by atoms with Crippen molar-refractivity contribution < 1.29 is 18.3 Å². The van der Waals surface area contributed by atoms with Crippen molar-refractivity contribution in [2.45, 2.75) is 31.2 Å². The van der Waals surface area contributed by atoms with Gasteiger partial charge in [0.1, 0.15) is 5.84 Å². The third-order valence-electron chi connectivity index (χ3n) is 3.59. The standard InChI is InChI=1S/C12H16N2O4S/c1-3-12(19(17,18)4-2)10(11(15)16)13-9-7-5-6-8-14(9)12/h5-8,10H,3-4H2,1-2H3,(H,15,16). The minimum Gasteiger partial charge on any atom is -0.480 e. The number of nitrogens with zero attached hydrogens (tertiary/aromatic N) is 2. The van der Waals surface area contributed by atoms with Gasteiger partial charge in [0.2, 0.25) is 0 Å². The maximum absolute atomic E-state index is 12.5. The van der Waals surface area contributed by atoms with Crippen molar-refractivity contribution in [1.82, 2.24) is 4.90 Å². The van der Waals surface area contributed by atoms with E-state index in [1.165, 1.54) is 11.8 Å². The Hall–Kier alpha value is -1.63. The molecule has 0 aliphatic carbocycles. The molecule has 2 unspecified atom stereocenters. The van der Waals surface area contributed by atoms with Crippen molar-refractivity contribution in [3.63, 3.8) is 0 Å². The van der Waals surface area contributed by atoms with Crippen LogP contribution in [-0.4, -0.2) is 46.9 Å². The summed E-state index contributed by atoms with van der Waals surface area (Å²) in [7, 11) is -3.63. The number of aliphatic imine (C=N–C) groups is 1. The third kappa shape index (κ3) is 1.72. The first-order valence-electron chi connectivity index (χ1n) is 6.07. The molecular weight excluding hydrogens is 268 g/mol. The van der Waals surface area contributed by atoms with E-state index in [0.29, 0.717) is 5.84 Å². The molecule has 0 saturated carbocycles. The molecule has 0 aromatic heterocycles. The number of carboxylic acids is 1. The van der Waals surface area contributed by atoms with E-state index in [-0.39, 0.29) is 12.2 Å².